The summed E-state index contributed by atoms with van der Waals surface area (Å²) in [6.07, 6.45) is 0.760. The molecule has 1 N–H and O–H groups in total. The molecule has 1 aromatic rings. The van der Waals surface area contributed by atoms with Crippen LogP contribution in [0.15, 0.2) is 23.1 Å². The maximum atomic E-state index is 12.3. The molecule has 0 amide bonds. The van der Waals surface area contributed by atoms with Gasteiger partial charge in [-0.2, -0.15) is 5.26 Å². The van der Waals surface area contributed by atoms with Crippen LogP contribution in [0.5, 0.6) is 0 Å². The average Bonchev–Trinajstić information content (AvgIpc) is 2.28. The Kier molecular flexibility index (Phi) is 2.84. The molecule has 1 aliphatic rings. The molecule has 1 aromatic carbocycles. The van der Waals surface area contributed by atoms with Crippen molar-refractivity contribution in [2.75, 3.05) is 5.32 Å². The van der Waals surface area contributed by atoms with Gasteiger partial charge in [0.05, 0.1) is 22.7 Å². The predicted octanol–water partition coefficient (Wildman–Crippen LogP) is 1.73. The van der Waals surface area contributed by atoms with Crippen LogP contribution in [-0.4, -0.2) is 19.7 Å². The number of hydrogen-bond donors (Lipinski definition) is 1. The van der Waals surface area contributed by atoms with Crippen LogP contribution in [0.25, 0.3) is 0 Å². The van der Waals surface area contributed by atoms with Crippen LogP contribution in [0.1, 0.15) is 19.4 Å². The highest BCUT2D eigenvalue weighted by Crippen LogP contribution is 2.35. The lowest BCUT2D eigenvalue weighted by Gasteiger charge is -2.29. The van der Waals surface area contributed by atoms with E-state index in [0.717, 1.165) is 12.0 Å². The lowest BCUT2D eigenvalue weighted by atomic mass is 10.1. The number of nitrogens with zero attached hydrogens (tertiary/aromatic N) is 1. The molecular formula is C12H14N2O2S. The fourth-order valence-electron chi connectivity index (χ4n) is 2.16. The third-order valence-corrected chi connectivity index (χ3v) is 5.22. The molecule has 2 atom stereocenters. The minimum atomic E-state index is -3.54. The number of aryl methyl sites for hydroxylation is 1. The Morgan fingerprint density at radius 1 is 1.47 bits per heavy atom. The lowest BCUT2D eigenvalue weighted by molar-refractivity contribution is 0.577. The van der Waals surface area contributed by atoms with E-state index in [1.165, 1.54) is 0 Å². The molecule has 1 aliphatic heterocycles. The van der Waals surface area contributed by atoms with Crippen LogP contribution >= 0.6 is 0 Å². The van der Waals surface area contributed by atoms with Crippen molar-refractivity contribution in [1.29, 1.82) is 5.26 Å². The van der Waals surface area contributed by atoms with Gasteiger partial charge in [0.15, 0.2) is 15.1 Å². The molecule has 90 valence electrons. The molecule has 17 heavy (non-hydrogen) atoms. The molecule has 0 fully saturated rings. The third-order valence-electron chi connectivity index (χ3n) is 3.09. The summed E-state index contributed by atoms with van der Waals surface area (Å²) in [5.41, 5.74) is 1.63. The fourth-order valence-corrected chi connectivity index (χ4v) is 3.92. The van der Waals surface area contributed by atoms with Crippen LogP contribution in [-0.2, 0) is 16.3 Å². The topological polar surface area (TPSA) is 70.0 Å². The number of para-hydroxylation sites is 1. The number of nitrogens with one attached hydrogen (secondary N) is 1. The number of anilines is 1. The van der Waals surface area contributed by atoms with Gasteiger partial charge in [-0.15, -0.1) is 0 Å². The molecule has 2 rings (SSSR count). The summed E-state index contributed by atoms with van der Waals surface area (Å²) in [7, 11) is -3.54. The maximum absolute atomic E-state index is 12.3. The maximum Gasteiger partial charge on any atom is 0.198 e. The Hall–Kier alpha value is -1.54. The molecule has 0 saturated heterocycles. The molecule has 5 heteroatoms. The zero-order chi connectivity index (χ0) is 12.6. The summed E-state index contributed by atoms with van der Waals surface area (Å²) in [5, 5.41) is 11.1. The second-order valence-electron chi connectivity index (χ2n) is 4.17. The second kappa shape index (κ2) is 4.04. The minimum absolute atomic E-state index is 0.251. The van der Waals surface area contributed by atoms with Crippen molar-refractivity contribution >= 4 is 15.5 Å². The molecule has 1 heterocycles. The van der Waals surface area contributed by atoms with E-state index in [1.807, 2.05) is 19.1 Å². The number of benzene rings is 1. The number of hydrogen-bond acceptors (Lipinski definition) is 4. The van der Waals surface area contributed by atoms with Crippen molar-refractivity contribution in [1.82, 2.24) is 0 Å². The van der Waals surface area contributed by atoms with Crippen molar-refractivity contribution < 1.29 is 8.42 Å². The van der Waals surface area contributed by atoms with E-state index in [-0.39, 0.29) is 10.9 Å². The van der Waals surface area contributed by atoms with E-state index in [9.17, 15) is 8.42 Å². The van der Waals surface area contributed by atoms with Gasteiger partial charge in [0, 0.05) is 0 Å². The highest BCUT2D eigenvalue weighted by atomic mass is 32.2. The summed E-state index contributed by atoms with van der Waals surface area (Å²) >= 11 is 0. The lowest BCUT2D eigenvalue weighted by Crippen LogP contribution is -2.41. The van der Waals surface area contributed by atoms with E-state index >= 15 is 0 Å². The number of fused-ring (bicyclic) bond motifs is 1. The Morgan fingerprint density at radius 2 is 2.18 bits per heavy atom. The molecular weight excluding hydrogens is 236 g/mol. The zero-order valence-electron chi connectivity index (χ0n) is 9.77. The molecule has 0 aliphatic carbocycles. The van der Waals surface area contributed by atoms with Crippen molar-refractivity contribution in [3.05, 3.63) is 23.8 Å². The van der Waals surface area contributed by atoms with E-state index in [1.54, 1.807) is 19.1 Å². The molecule has 0 bridgehead atoms. The van der Waals surface area contributed by atoms with Gasteiger partial charge < -0.3 is 5.32 Å². The standard InChI is InChI=1S/C12H14N2O2S/c1-3-9-5-4-6-10-12(9)14-8(2)11(7-13)17(10,15)16/h4-6,8,11,14H,3H2,1-2H3. The van der Waals surface area contributed by atoms with Gasteiger partial charge in [0.25, 0.3) is 0 Å². The van der Waals surface area contributed by atoms with Gasteiger partial charge >= 0.3 is 0 Å². The molecule has 0 radical (unpaired) electrons. The fraction of sp³-hybridized carbons (Fsp3) is 0.417. The first-order valence-corrected chi connectivity index (χ1v) is 7.09. The van der Waals surface area contributed by atoms with Crippen molar-refractivity contribution in [2.45, 2.75) is 36.5 Å². The first-order chi connectivity index (χ1) is 8.02. The normalized spacial score (nSPS) is 25.5. The van der Waals surface area contributed by atoms with E-state index in [0.29, 0.717) is 5.69 Å². The largest absolute Gasteiger partial charge is 0.379 e. The molecule has 0 aromatic heterocycles. The van der Waals surface area contributed by atoms with E-state index in [2.05, 4.69) is 5.32 Å². The first kappa shape index (κ1) is 11.9. The highest BCUT2D eigenvalue weighted by Gasteiger charge is 2.39. The predicted molar refractivity (Wildman–Crippen MR) is 65.5 cm³/mol. The van der Waals surface area contributed by atoms with Gasteiger partial charge in [0.1, 0.15) is 0 Å². The number of rotatable bonds is 1. The second-order valence-corrected chi connectivity index (χ2v) is 6.21. The molecule has 2 unspecified atom stereocenters. The quantitative estimate of drug-likeness (QED) is 0.824. The summed E-state index contributed by atoms with van der Waals surface area (Å²) in [6.45, 7) is 3.70. The zero-order valence-corrected chi connectivity index (χ0v) is 10.6. The minimum Gasteiger partial charge on any atom is -0.379 e. The highest BCUT2D eigenvalue weighted by molar-refractivity contribution is 7.92. The smallest absolute Gasteiger partial charge is 0.198 e. The van der Waals surface area contributed by atoms with Crippen LogP contribution in [0.4, 0.5) is 5.69 Å². The molecule has 0 spiro atoms. The Bertz CT molecular complexity index is 587. The third kappa shape index (κ3) is 1.69. The summed E-state index contributed by atoms with van der Waals surface area (Å²) < 4.78 is 24.5. The first-order valence-electron chi connectivity index (χ1n) is 5.54. The number of sulfone groups is 1. The SMILES string of the molecule is CCc1cccc2c1NC(C)C(C#N)S2(=O)=O. The monoisotopic (exact) mass is 250 g/mol. The number of nitriles is 1. The van der Waals surface area contributed by atoms with Crippen LogP contribution < -0.4 is 5.32 Å². The van der Waals surface area contributed by atoms with Gasteiger partial charge in [-0.1, -0.05) is 19.1 Å². The van der Waals surface area contributed by atoms with Crippen LogP contribution in [0, 0.1) is 11.3 Å². The summed E-state index contributed by atoms with van der Waals surface area (Å²) in [5.74, 6) is 0. The van der Waals surface area contributed by atoms with Gasteiger partial charge in [-0.25, -0.2) is 8.42 Å². The molecule has 4 nitrogen and oxygen atoms in total. The van der Waals surface area contributed by atoms with Gasteiger partial charge in [-0.3, -0.25) is 0 Å². The van der Waals surface area contributed by atoms with E-state index in [4.69, 9.17) is 5.26 Å². The van der Waals surface area contributed by atoms with Crippen LogP contribution in [0.3, 0.4) is 0 Å². The van der Waals surface area contributed by atoms with Crippen molar-refractivity contribution in [3.8, 4) is 6.07 Å². The van der Waals surface area contributed by atoms with Crippen molar-refractivity contribution in [3.63, 3.8) is 0 Å². The van der Waals surface area contributed by atoms with Crippen molar-refractivity contribution in [2.24, 2.45) is 0 Å². The average molecular weight is 250 g/mol. The van der Waals surface area contributed by atoms with Gasteiger partial charge in [0.2, 0.25) is 0 Å². The van der Waals surface area contributed by atoms with Crippen LogP contribution in [0.2, 0.25) is 0 Å². The Morgan fingerprint density at radius 3 is 2.76 bits per heavy atom. The Labute approximate surface area is 101 Å². The summed E-state index contributed by atoms with van der Waals surface area (Å²) in [6, 6.07) is 6.68. The van der Waals surface area contributed by atoms with Gasteiger partial charge in [-0.05, 0) is 25.0 Å². The molecule has 0 saturated carbocycles. The summed E-state index contributed by atoms with van der Waals surface area (Å²) in [4.78, 5) is 0.251. The Balaban J connectivity index is 2.71. The van der Waals surface area contributed by atoms with E-state index < -0.39 is 15.1 Å².